The topological polar surface area (TPSA) is 120 Å². The van der Waals surface area contributed by atoms with Gasteiger partial charge in [0.05, 0.1) is 23.6 Å². The van der Waals surface area contributed by atoms with Crippen LogP contribution in [0.15, 0.2) is 66.5 Å². The number of hydrogen-bond donors (Lipinski definition) is 1. The van der Waals surface area contributed by atoms with Crippen LogP contribution in [-0.2, 0) is 19.6 Å². The molecule has 3 aliphatic rings. The zero-order valence-corrected chi connectivity index (χ0v) is 25.8. The second kappa shape index (κ2) is 11.1. The molecule has 2 bridgehead atoms. The monoisotopic (exact) mass is 628 g/mol. The molecule has 12 heteroatoms. The summed E-state index contributed by atoms with van der Waals surface area (Å²) in [6.45, 7) is 7.88. The Morgan fingerprint density at radius 2 is 1.87 bits per heavy atom. The van der Waals surface area contributed by atoms with Gasteiger partial charge in [0.15, 0.2) is 17.3 Å². The summed E-state index contributed by atoms with van der Waals surface area (Å²) in [7, 11) is -4.10. The van der Waals surface area contributed by atoms with Gasteiger partial charge in [-0.05, 0) is 81.2 Å². The van der Waals surface area contributed by atoms with Gasteiger partial charge in [-0.1, -0.05) is 30.4 Å². The van der Waals surface area contributed by atoms with Gasteiger partial charge in [-0.2, -0.15) is 0 Å². The minimum Gasteiger partial charge on any atom is -0.466 e. The molecule has 0 spiro atoms. The quantitative estimate of drug-likeness (QED) is 0.213. The van der Waals surface area contributed by atoms with Gasteiger partial charge < -0.3 is 10.1 Å². The standard InChI is InChI=1S/C33H33FN6O4S/c1-4-20-14-27-31(36-29-22-10-8-21(9-11-22)28(29)33(41)44-5-2)37-30(38-39(27)17-20)26-18-40(32-25(26)15-23(34)16-35-32)45(42,43)24-12-6-19(3)7-13-24/h4,6-7,12-18,21-22,28-29H,1,5,8-11H2,2-3H3,(H,36,37,38)/t21-,22+,28-,29-/m0/s1. The van der Waals surface area contributed by atoms with Crippen LogP contribution in [0.4, 0.5) is 10.2 Å². The largest absolute Gasteiger partial charge is 0.466 e. The van der Waals surface area contributed by atoms with Crippen LogP contribution >= 0.6 is 0 Å². The number of benzene rings is 1. The van der Waals surface area contributed by atoms with Crippen molar-refractivity contribution in [3.8, 4) is 11.4 Å². The highest BCUT2D eigenvalue weighted by atomic mass is 32.2. The average Bonchev–Trinajstić information content (AvgIpc) is 3.64. The van der Waals surface area contributed by atoms with Crippen molar-refractivity contribution < 1.29 is 22.3 Å². The predicted molar refractivity (Wildman–Crippen MR) is 169 cm³/mol. The highest BCUT2D eigenvalue weighted by molar-refractivity contribution is 7.90. The van der Waals surface area contributed by atoms with E-state index in [4.69, 9.17) is 14.8 Å². The molecule has 2 atom stereocenters. The molecule has 5 aromatic rings. The molecule has 232 valence electrons. The number of ether oxygens (including phenoxy) is 1. The van der Waals surface area contributed by atoms with E-state index in [9.17, 15) is 17.6 Å². The van der Waals surface area contributed by atoms with Crippen molar-refractivity contribution in [3.05, 3.63) is 78.5 Å². The van der Waals surface area contributed by atoms with E-state index in [1.807, 2.05) is 19.9 Å². The highest BCUT2D eigenvalue weighted by Gasteiger charge is 2.48. The number of pyridine rings is 1. The zero-order chi connectivity index (χ0) is 31.5. The van der Waals surface area contributed by atoms with Crippen molar-refractivity contribution in [1.29, 1.82) is 0 Å². The van der Waals surface area contributed by atoms with Gasteiger partial charge in [-0.3, -0.25) is 4.79 Å². The van der Waals surface area contributed by atoms with E-state index in [1.165, 1.54) is 24.4 Å². The highest BCUT2D eigenvalue weighted by Crippen LogP contribution is 2.47. The Balaban J connectivity index is 1.39. The molecule has 45 heavy (non-hydrogen) atoms. The van der Waals surface area contributed by atoms with Crippen LogP contribution in [0.5, 0.6) is 0 Å². The Hall–Kier alpha value is -4.58. The maximum absolute atomic E-state index is 14.6. The molecule has 1 aromatic carbocycles. The molecule has 3 saturated carbocycles. The summed E-state index contributed by atoms with van der Waals surface area (Å²) < 4.78 is 50.5. The Labute approximate surface area is 260 Å². The number of fused-ring (bicyclic) bond motifs is 5. The molecule has 4 aromatic heterocycles. The maximum atomic E-state index is 14.6. The molecule has 0 radical (unpaired) electrons. The van der Waals surface area contributed by atoms with Crippen LogP contribution in [0.3, 0.4) is 0 Å². The molecule has 0 unspecified atom stereocenters. The number of aromatic nitrogens is 5. The third-order valence-electron chi connectivity index (χ3n) is 9.20. The SMILES string of the molecule is C=Cc1cc2c(N[C@H]3[C@H]4CC[C@H](CC4)[C@@H]3C(=O)OCC)nc(-c3cn(S(=O)(=O)c4ccc(C)cc4)c4ncc(F)cc34)nn2c1. The number of hydrogen-bond acceptors (Lipinski definition) is 8. The van der Waals surface area contributed by atoms with E-state index in [0.717, 1.165) is 47.0 Å². The molecule has 10 nitrogen and oxygen atoms in total. The Morgan fingerprint density at radius 3 is 2.58 bits per heavy atom. The van der Waals surface area contributed by atoms with E-state index < -0.39 is 15.8 Å². The van der Waals surface area contributed by atoms with Crippen molar-refractivity contribution in [2.75, 3.05) is 11.9 Å². The predicted octanol–water partition coefficient (Wildman–Crippen LogP) is 5.85. The molecule has 0 saturated heterocycles. The molecule has 0 aliphatic heterocycles. The third-order valence-corrected chi connectivity index (χ3v) is 10.9. The third kappa shape index (κ3) is 4.97. The number of aryl methyl sites for hydroxylation is 1. The van der Waals surface area contributed by atoms with Crippen molar-refractivity contribution in [3.63, 3.8) is 0 Å². The van der Waals surface area contributed by atoms with Crippen molar-refractivity contribution >= 4 is 44.4 Å². The van der Waals surface area contributed by atoms with E-state index >= 15 is 0 Å². The van der Waals surface area contributed by atoms with Crippen LogP contribution in [0, 0.1) is 30.5 Å². The zero-order valence-electron chi connectivity index (χ0n) is 25.0. The lowest BCUT2D eigenvalue weighted by atomic mass is 9.61. The summed E-state index contributed by atoms with van der Waals surface area (Å²) in [5.41, 5.74) is 2.72. The van der Waals surface area contributed by atoms with Crippen molar-refractivity contribution in [2.24, 2.45) is 17.8 Å². The molecule has 8 rings (SSSR count). The number of anilines is 1. The molecular weight excluding hydrogens is 595 g/mol. The van der Waals surface area contributed by atoms with Crippen LogP contribution in [0.2, 0.25) is 0 Å². The Morgan fingerprint density at radius 1 is 1.13 bits per heavy atom. The maximum Gasteiger partial charge on any atom is 0.311 e. The number of carbonyl (C=O) groups excluding carboxylic acids is 1. The van der Waals surface area contributed by atoms with Crippen LogP contribution in [0.1, 0.15) is 43.7 Å². The molecular formula is C33H33FN6O4S. The molecule has 1 N–H and O–H groups in total. The fraction of sp³-hybridized carbons (Fsp3) is 0.333. The van der Waals surface area contributed by atoms with E-state index in [2.05, 4.69) is 16.9 Å². The van der Waals surface area contributed by atoms with Crippen molar-refractivity contribution in [1.82, 2.24) is 23.6 Å². The number of halogens is 1. The normalized spacial score (nSPS) is 21.3. The minimum absolute atomic E-state index is 0.0523. The number of esters is 1. The number of rotatable bonds is 8. The summed E-state index contributed by atoms with van der Waals surface area (Å²) in [5.74, 6) is -0.0202. The Bertz CT molecular complexity index is 2060. The first-order valence-corrected chi connectivity index (χ1v) is 16.6. The molecule has 3 fully saturated rings. The second-order valence-corrected chi connectivity index (χ2v) is 13.7. The molecule has 3 aliphatic carbocycles. The van der Waals surface area contributed by atoms with E-state index in [1.54, 1.807) is 28.9 Å². The fourth-order valence-corrected chi connectivity index (χ4v) is 8.31. The first-order chi connectivity index (χ1) is 21.7. The van der Waals surface area contributed by atoms with Crippen LogP contribution in [0.25, 0.3) is 34.0 Å². The van der Waals surface area contributed by atoms with Gasteiger partial charge in [-0.25, -0.2) is 31.3 Å². The average molecular weight is 629 g/mol. The molecule has 4 heterocycles. The lowest BCUT2D eigenvalue weighted by Gasteiger charge is -2.47. The summed E-state index contributed by atoms with van der Waals surface area (Å²) in [4.78, 5) is 22.3. The summed E-state index contributed by atoms with van der Waals surface area (Å²) in [5, 5.41) is 8.57. The molecule has 0 amide bonds. The van der Waals surface area contributed by atoms with Gasteiger partial charge in [0.25, 0.3) is 10.0 Å². The number of nitrogens with zero attached hydrogens (tertiary/aromatic N) is 5. The van der Waals surface area contributed by atoms with Crippen LogP contribution in [-0.4, -0.2) is 50.6 Å². The summed E-state index contributed by atoms with van der Waals surface area (Å²) >= 11 is 0. The van der Waals surface area contributed by atoms with Gasteiger partial charge >= 0.3 is 5.97 Å². The lowest BCUT2D eigenvalue weighted by molar-refractivity contribution is -0.154. The van der Waals surface area contributed by atoms with Crippen LogP contribution < -0.4 is 5.32 Å². The fourth-order valence-electron chi connectivity index (χ4n) is 6.98. The lowest BCUT2D eigenvalue weighted by Crippen LogP contribution is -2.52. The first kappa shape index (κ1) is 29.1. The Kier molecular flexibility index (Phi) is 7.19. The van der Waals surface area contributed by atoms with Crippen molar-refractivity contribution in [2.45, 2.75) is 50.5 Å². The summed E-state index contributed by atoms with van der Waals surface area (Å²) in [6, 6.07) is 9.41. The van der Waals surface area contributed by atoms with Gasteiger partial charge in [0.1, 0.15) is 11.3 Å². The van der Waals surface area contributed by atoms with E-state index in [0.29, 0.717) is 23.5 Å². The second-order valence-electron chi connectivity index (χ2n) is 11.9. The van der Waals surface area contributed by atoms with Gasteiger partial charge in [0, 0.05) is 29.4 Å². The minimum atomic E-state index is -4.10. The first-order valence-electron chi connectivity index (χ1n) is 15.1. The summed E-state index contributed by atoms with van der Waals surface area (Å²) in [6.07, 6.45) is 9.82. The smallest absolute Gasteiger partial charge is 0.311 e. The number of nitrogens with one attached hydrogen (secondary N) is 1. The number of carbonyl (C=O) groups is 1. The van der Waals surface area contributed by atoms with E-state index in [-0.39, 0.29) is 51.5 Å². The van der Waals surface area contributed by atoms with Gasteiger partial charge in [-0.15, -0.1) is 5.10 Å². The van der Waals surface area contributed by atoms with Gasteiger partial charge in [0.2, 0.25) is 0 Å².